The van der Waals surface area contributed by atoms with Gasteiger partial charge in [-0.3, -0.25) is 4.79 Å². The van der Waals surface area contributed by atoms with Crippen molar-refractivity contribution in [2.45, 2.75) is 18.9 Å². The van der Waals surface area contributed by atoms with E-state index in [1.807, 2.05) is 48.5 Å². The number of anilines is 1. The molecule has 0 atom stereocenters. The summed E-state index contributed by atoms with van der Waals surface area (Å²) in [7, 11) is 4.73. The number of ether oxygens (including phenoxy) is 3. The minimum Gasteiger partial charge on any atom is -0.493 e. The average molecular weight is 476 g/mol. The highest BCUT2D eigenvalue weighted by Crippen LogP contribution is 2.46. The van der Waals surface area contributed by atoms with E-state index in [9.17, 15) is 4.79 Å². The third kappa shape index (κ3) is 3.90. The number of nitrogens with one attached hydrogen (secondary N) is 1. The Bertz CT molecular complexity index is 1360. The molecule has 34 heavy (non-hydrogen) atoms. The van der Waals surface area contributed by atoms with Gasteiger partial charge in [-0.1, -0.05) is 30.3 Å². The van der Waals surface area contributed by atoms with Gasteiger partial charge in [-0.2, -0.15) is 0 Å². The maximum atomic E-state index is 12.9. The maximum absolute atomic E-state index is 12.9. The minimum absolute atomic E-state index is 0.153. The first-order valence-electron chi connectivity index (χ1n) is 10.9. The molecule has 2 aromatic carbocycles. The molecule has 1 aliphatic carbocycles. The van der Waals surface area contributed by atoms with Crippen LogP contribution in [-0.4, -0.2) is 38.3 Å². The van der Waals surface area contributed by atoms with Gasteiger partial charge in [-0.15, -0.1) is 11.3 Å². The van der Waals surface area contributed by atoms with Gasteiger partial charge in [0.1, 0.15) is 9.71 Å². The molecule has 5 rings (SSSR count). The van der Waals surface area contributed by atoms with Gasteiger partial charge in [0.2, 0.25) is 5.75 Å². The number of fused-ring (bicyclic) bond motifs is 1. The Kier molecular flexibility index (Phi) is 5.75. The fourth-order valence-electron chi connectivity index (χ4n) is 3.99. The quantitative estimate of drug-likeness (QED) is 0.385. The number of carbonyl (C=O) groups is 1. The molecule has 174 valence electrons. The second-order valence-corrected chi connectivity index (χ2v) is 9.11. The molecule has 1 saturated carbocycles. The predicted molar refractivity (Wildman–Crippen MR) is 135 cm³/mol. The van der Waals surface area contributed by atoms with Gasteiger partial charge in [-0.25, -0.2) is 4.98 Å². The van der Waals surface area contributed by atoms with E-state index < -0.39 is 0 Å². The topological polar surface area (TPSA) is 95.7 Å². The van der Waals surface area contributed by atoms with Crippen molar-refractivity contribution in [3.05, 3.63) is 53.4 Å². The highest BCUT2D eigenvalue weighted by Gasteiger charge is 2.28. The fraction of sp³-hybridized carbons (Fsp3) is 0.231. The fourth-order valence-corrected chi connectivity index (χ4v) is 5.01. The number of rotatable bonds is 7. The Labute approximate surface area is 201 Å². The van der Waals surface area contributed by atoms with E-state index in [0.29, 0.717) is 32.6 Å². The number of methoxy groups -OCH3 is 3. The van der Waals surface area contributed by atoms with Gasteiger partial charge in [0.05, 0.1) is 32.7 Å². The van der Waals surface area contributed by atoms with Crippen LogP contribution in [0.5, 0.6) is 17.2 Å². The van der Waals surface area contributed by atoms with E-state index in [0.717, 1.165) is 40.6 Å². The molecular weight excluding hydrogens is 450 g/mol. The first-order chi connectivity index (χ1) is 16.5. The van der Waals surface area contributed by atoms with Crippen molar-refractivity contribution in [3.8, 4) is 39.6 Å². The SMILES string of the molecule is COc1cc(-c2cc(-c3ccccc3)nc3sc(C(=O)NC4CC4)c(N)c23)cc(OC)c1OC. The minimum atomic E-state index is -0.153. The summed E-state index contributed by atoms with van der Waals surface area (Å²) >= 11 is 1.31. The molecule has 3 N–H and O–H groups in total. The first kappa shape index (κ1) is 22.0. The average Bonchev–Trinajstić information content (AvgIpc) is 3.63. The van der Waals surface area contributed by atoms with Crippen LogP contribution in [0.4, 0.5) is 5.69 Å². The van der Waals surface area contributed by atoms with E-state index in [4.69, 9.17) is 24.9 Å². The lowest BCUT2D eigenvalue weighted by Gasteiger charge is -2.15. The number of pyridine rings is 1. The summed E-state index contributed by atoms with van der Waals surface area (Å²) < 4.78 is 16.7. The van der Waals surface area contributed by atoms with Crippen LogP contribution < -0.4 is 25.3 Å². The highest BCUT2D eigenvalue weighted by molar-refractivity contribution is 7.21. The van der Waals surface area contributed by atoms with Crippen LogP contribution >= 0.6 is 11.3 Å². The molecule has 0 spiro atoms. The van der Waals surface area contributed by atoms with Crippen molar-refractivity contribution in [2.24, 2.45) is 0 Å². The first-order valence-corrected chi connectivity index (χ1v) is 11.7. The van der Waals surface area contributed by atoms with Crippen LogP contribution in [0.2, 0.25) is 0 Å². The Morgan fingerprint density at radius 3 is 2.26 bits per heavy atom. The van der Waals surface area contributed by atoms with E-state index in [1.54, 1.807) is 21.3 Å². The summed E-state index contributed by atoms with van der Waals surface area (Å²) in [6, 6.07) is 15.9. The van der Waals surface area contributed by atoms with Gasteiger partial charge in [0.25, 0.3) is 5.91 Å². The summed E-state index contributed by atoms with van der Waals surface area (Å²) in [5.74, 6) is 1.41. The molecule has 2 aromatic heterocycles. The largest absolute Gasteiger partial charge is 0.493 e. The number of carbonyl (C=O) groups excluding carboxylic acids is 1. The molecular formula is C26H25N3O4S. The second-order valence-electron chi connectivity index (χ2n) is 8.11. The molecule has 0 saturated heterocycles. The Morgan fingerprint density at radius 1 is 1.00 bits per heavy atom. The van der Waals surface area contributed by atoms with Gasteiger partial charge in [0.15, 0.2) is 11.5 Å². The highest BCUT2D eigenvalue weighted by atomic mass is 32.1. The van der Waals surface area contributed by atoms with Crippen molar-refractivity contribution in [3.63, 3.8) is 0 Å². The van der Waals surface area contributed by atoms with E-state index >= 15 is 0 Å². The molecule has 8 heteroatoms. The number of benzene rings is 2. The number of hydrogen-bond donors (Lipinski definition) is 2. The molecule has 1 fully saturated rings. The number of thiophene rings is 1. The summed E-state index contributed by atoms with van der Waals surface area (Å²) in [6.07, 6.45) is 2.01. The second kappa shape index (κ2) is 8.87. The van der Waals surface area contributed by atoms with E-state index in [1.165, 1.54) is 11.3 Å². The van der Waals surface area contributed by atoms with Crippen LogP contribution in [0.15, 0.2) is 48.5 Å². The van der Waals surface area contributed by atoms with Crippen molar-refractivity contribution >= 4 is 33.1 Å². The number of nitrogens with two attached hydrogens (primary N) is 1. The van der Waals surface area contributed by atoms with Gasteiger partial charge >= 0.3 is 0 Å². The number of hydrogen-bond acceptors (Lipinski definition) is 7. The molecule has 7 nitrogen and oxygen atoms in total. The Balaban J connectivity index is 1.77. The van der Waals surface area contributed by atoms with Crippen LogP contribution in [0.1, 0.15) is 22.5 Å². The Hall–Kier alpha value is -3.78. The zero-order chi connectivity index (χ0) is 23.8. The number of amides is 1. The third-order valence-corrected chi connectivity index (χ3v) is 6.96. The zero-order valence-electron chi connectivity index (χ0n) is 19.2. The predicted octanol–water partition coefficient (Wildman–Crippen LogP) is 5.13. The van der Waals surface area contributed by atoms with E-state index in [2.05, 4.69) is 5.32 Å². The molecule has 0 radical (unpaired) electrons. The number of aromatic nitrogens is 1. The normalized spacial score (nSPS) is 13.0. The molecule has 1 amide bonds. The third-order valence-electron chi connectivity index (χ3n) is 5.86. The molecule has 0 bridgehead atoms. The lowest BCUT2D eigenvalue weighted by atomic mass is 9.98. The maximum Gasteiger partial charge on any atom is 0.263 e. The molecule has 0 aliphatic heterocycles. The number of nitrogens with zero attached hydrogens (tertiary/aromatic N) is 1. The van der Waals surface area contributed by atoms with Gasteiger partial charge in [-0.05, 0) is 42.2 Å². The van der Waals surface area contributed by atoms with Crippen LogP contribution in [0.3, 0.4) is 0 Å². The summed E-state index contributed by atoms with van der Waals surface area (Å²) in [4.78, 5) is 19.0. The lowest BCUT2D eigenvalue weighted by Crippen LogP contribution is -2.25. The standard InChI is InChI=1S/C26H25N3O4S/c1-31-19-11-15(12-20(32-2)23(19)33-3)17-13-18(14-7-5-4-6-8-14)29-26-21(17)22(27)24(34-26)25(30)28-16-9-10-16/h4-8,11-13,16H,9-10,27H2,1-3H3,(H,28,30). The van der Waals surface area contributed by atoms with Gasteiger partial charge < -0.3 is 25.3 Å². The van der Waals surface area contributed by atoms with Gasteiger partial charge in [0, 0.05) is 17.0 Å². The molecule has 2 heterocycles. The van der Waals surface area contributed by atoms with Crippen molar-refractivity contribution in [1.29, 1.82) is 0 Å². The smallest absolute Gasteiger partial charge is 0.263 e. The number of nitrogen functional groups attached to an aromatic ring is 1. The summed E-state index contributed by atoms with van der Waals surface area (Å²) in [5, 5.41) is 3.77. The molecule has 1 aliphatic rings. The summed E-state index contributed by atoms with van der Waals surface area (Å²) in [5.41, 5.74) is 10.4. The molecule has 0 unspecified atom stereocenters. The van der Waals surface area contributed by atoms with Crippen molar-refractivity contribution in [1.82, 2.24) is 10.3 Å². The van der Waals surface area contributed by atoms with E-state index in [-0.39, 0.29) is 11.9 Å². The Morgan fingerprint density at radius 2 is 1.68 bits per heavy atom. The van der Waals surface area contributed by atoms with Crippen molar-refractivity contribution < 1.29 is 19.0 Å². The molecule has 4 aromatic rings. The van der Waals surface area contributed by atoms with Crippen LogP contribution in [-0.2, 0) is 0 Å². The van der Waals surface area contributed by atoms with Crippen LogP contribution in [0, 0.1) is 0 Å². The lowest BCUT2D eigenvalue weighted by molar-refractivity contribution is 0.0956. The van der Waals surface area contributed by atoms with Crippen LogP contribution in [0.25, 0.3) is 32.6 Å². The summed E-state index contributed by atoms with van der Waals surface area (Å²) in [6.45, 7) is 0. The zero-order valence-corrected chi connectivity index (χ0v) is 20.0. The monoisotopic (exact) mass is 475 g/mol. The van der Waals surface area contributed by atoms with Crippen molar-refractivity contribution in [2.75, 3.05) is 27.1 Å².